The Hall–Kier alpha value is -1.88. The number of carboxylic acid groups (broad SMARTS) is 1. The summed E-state index contributed by atoms with van der Waals surface area (Å²) in [5.41, 5.74) is 2.60. The Balaban J connectivity index is 1.89. The summed E-state index contributed by atoms with van der Waals surface area (Å²) >= 11 is 0. The molecule has 0 radical (unpaired) electrons. The maximum Gasteiger partial charge on any atom is 0.332 e. The lowest BCUT2D eigenvalue weighted by molar-refractivity contribution is -0.149. The predicted molar refractivity (Wildman–Crippen MR) is 63.2 cm³/mol. The van der Waals surface area contributed by atoms with Gasteiger partial charge in [-0.2, -0.15) is 0 Å². The highest BCUT2D eigenvalue weighted by Crippen LogP contribution is 2.33. The number of benzene rings is 1. The normalized spacial score (nSPS) is 23.6. The van der Waals surface area contributed by atoms with E-state index in [1.165, 1.54) is 0 Å². The smallest absolute Gasteiger partial charge is 0.332 e. The third-order valence-electron chi connectivity index (χ3n) is 3.13. The van der Waals surface area contributed by atoms with Crippen LogP contribution >= 0.6 is 0 Å². The predicted octanol–water partition coefficient (Wildman–Crippen LogP) is 2.44. The minimum absolute atomic E-state index is 0.348. The number of carboxylic acids is 1. The van der Waals surface area contributed by atoms with Gasteiger partial charge in [0.25, 0.3) is 0 Å². The van der Waals surface area contributed by atoms with E-state index in [-0.39, 0.29) is 6.10 Å². The number of fused-ring (bicyclic) bond motifs is 1. The standard InChI is InChI=1S/C13H13NO4/c1-7-2-3-9-8(6-7)14-12(18-9)10-4-5-11(17-10)13(15)16/h2-3,6,10-11H,4-5H2,1H3,(H,15,16). The lowest BCUT2D eigenvalue weighted by atomic mass is 10.2. The van der Waals surface area contributed by atoms with E-state index in [4.69, 9.17) is 14.3 Å². The molecule has 1 saturated heterocycles. The highest BCUT2D eigenvalue weighted by Gasteiger charge is 2.34. The number of ether oxygens (including phenoxy) is 1. The van der Waals surface area contributed by atoms with Gasteiger partial charge in [-0.25, -0.2) is 9.78 Å². The van der Waals surface area contributed by atoms with E-state index in [0.717, 1.165) is 11.1 Å². The van der Waals surface area contributed by atoms with E-state index >= 15 is 0 Å². The van der Waals surface area contributed by atoms with Gasteiger partial charge in [-0.15, -0.1) is 0 Å². The first kappa shape index (κ1) is 11.2. The zero-order valence-electron chi connectivity index (χ0n) is 9.92. The monoisotopic (exact) mass is 247 g/mol. The molecule has 94 valence electrons. The molecule has 2 heterocycles. The molecular formula is C13H13NO4. The molecule has 2 unspecified atom stereocenters. The SMILES string of the molecule is Cc1ccc2oc(C3CCC(C(=O)O)O3)nc2c1. The molecule has 0 amide bonds. The molecule has 1 N–H and O–H groups in total. The van der Waals surface area contributed by atoms with Crippen molar-refractivity contribution in [3.8, 4) is 0 Å². The Kier molecular flexibility index (Phi) is 2.56. The molecular weight excluding hydrogens is 234 g/mol. The molecule has 5 heteroatoms. The quantitative estimate of drug-likeness (QED) is 0.882. The number of aliphatic carboxylic acids is 1. The number of aromatic nitrogens is 1. The Labute approximate surface area is 103 Å². The summed E-state index contributed by atoms with van der Waals surface area (Å²) in [6, 6.07) is 5.75. The van der Waals surface area contributed by atoms with Crippen LogP contribution in [0, 0.1) is 6.92 Å². The Morgan fingerprint density at radius 1 is 1.44 bits per heavy atom. The van der Waals surface area contributed by atoms with Gasteiger partial charge in [-0.1, -0.05) is 6.07 Å². The van der Waals surface area contributed by atoms with Gasteiger partial charge < -0.3 is 14.3 Å². The molecule has 1 aromatic heterocycles. The summed E-state index contributed by atoms with van der Waals surface area (Å²) in [4.78, 5) is 15.2. The first-order valence-corrected chi connectivity index (χ1v) is 5.89. The average molecular weight is 247 g/mol. The van der Waals surface area contributed by atoms with Gasteiger partial charge in [0.1, 0.15) is 11.6 Å². The van der Waals surface area contributed by atoms with Crippen LogP contribution in [0.15, 0.2) is 22.6 Å². The molecule has 5 nitrogen and oxygen atoms in total. The van der Waals surface area contributed by atoms with Crippen molar-refractivity contribution in [1.82, 2.24) is 4.98 Å². The van der Waals surface area contributed by atoms with Crippen molar-refractivity contribution in [1.29, 1.82) is 0 Å². The molecule has 0 aliphatic carbocycles. The molecule has 1 aliphatic rings. The van der Waals surface area contributed by atoms with Crippen molar-refractivity contribution in [2.45, 2.75) is 32.0 Å². The van der Waals surface area contributed by atoms with Crippen LogP contribution in [0.5, 0.6) is 0 Å². The second kappa shape index (κ2) is 4.10. The summed E-state index contributed by atoms with van der Waals surface area (Å²) in [6.45, 7) is 1.99. The van der Waals surface area contributed by atoms with Crippen molar-refractivity contribution in [2.75, 3.05) is 0 Å². The van der Waals surface area contributed by atoms with Gasteiger partial charge in [-0.3, -0.25) is 0 Å². The van der Waals surface area contributed by atoms with Crippen LogP contribution in [0.25, 0.3) is 11.1 Å². The Morgan fingerprint density at radius 2 is 2.28 bits per heavy atom. The molecule has 3 rings (SSSR count). The third kappa shape index (κ3) is 1.86. The first-order valence-electron chi connectivity index (χ1n) is 5.89. The molecule has 0 saturated carbocycles. The first-order chi connectivity index (χ1) is 8.63. The molecule has 0 bridgehead atoms. The molecule has 2 atom stereocenters. The summed E-state index contributed by atoms with van der Waals surface area (Å²) in [5, 5.41) is 8.88. The van der Waals surface area contributed by atoms with E-state index in [2.05, 4.69) is 4.98 Å². The molecule has 1 aromatic carbocycles. The summed E-state index contributed by atoms with van der Waals surface area (Å²) in [6.07, 6.45) is 0.0334. The van der Waals surface area contributed by atoms with Crippen LogP contribution in [0.3, 0.4) is 0 Å². The summed E-state index contributed by atoms with van der Waals surface area (Å²) in [5.74, 6) is -0.455. The lowest BCUT2D eigenvalue weighted by Gasteiger charge is -2.06. The molecule has 1 fully saturated rings. The van der Waals surface area contributed by atoms with E-state index < -0.39 is 12.1 Å². The fourth-order valence-corrected chi connectivity index (χ4v) is 2.19. The second-order valence-corrected chi connectivity index (χ2v) is 4.55. The topological polar surface area (TPSA) is 72.6 Å². The van der Waals surface area contributed by atoms with Crippen molar-refractivity contribution in [3.63, 3.8) is 0 Å². The van der Waals surface area contributed by atoms with Crippen molar-refractivity contribution in [3.05, 3.63) is 29.7 Å². The number of aryl methyl sites for hydroxylation is 1. The lowest BCUT2D eigenvalue weighted by Crippen LogP contribution is -2.18. The number of rotatable bonds is 2. The number of hydrogen-bond acceptors (Lipinski definition) is 4. The van der Waals surface area contributed by atoms with Crippen LogP contribution in [0.1, 0.15) is 30.4 Å². The minimum Gasteiger partial charge on any atom is -0.479 e. The minimum atomic E-state index is -0.926. The van der Waals surface area contributed by atoms with Crippen LogP contribution in [-0.4, -0.2) is 22.2 Å². The van der Waals surface area contributed by atoms with Gasteiger partial charge in [0.15, 0.2) is 11.7 Å². The second-order valence-electron chi connectivity index (χ2n) is 4.55. The Morgan fingerprint density at radius 3 is 3.00 bits per heavy atom. The van der Waals surface area contributed by atoms with Gasteiger partial charge in [0, 0.05) is 0 Å². The van der Waals surface area contributed by atoms with E-state index in [9.17, 15) is 4.79 Å². The highest BCUT2D eigenvalue weighted by atomic mass is 16.5. The maximum absolute atomic E-state index is 10.8. The maximum atomic E-state index is 10.8. The third-order valence-corrected chi connectivity index (χ3v) is 3.13. The van der Waals surface area contributed by atoms with E-state index in [1.54, 1.807) is 0 Å². The van der Waals surface area contributed by atoms with Gasteiger partial charge in [0.05, 0.1) is 0 Å². The van der Waals surface area contributed by atoms with Crippen molar-refractivity contribution >= 4 is 17.1 Å². The van der Waals surface area contributed by atoms with Crippen LogP contribution in [0.2, 0.25) is 0 Å². The van der Waals surface area contributed by atoms with Crippen molar-refractivity contribution in [2.24, 2.45) is 0 Å². The van der Waals surface area contributed by atoms with E-state index in [0.29, 0.717) is 24.3 Å². The zero-order valence-corrected chi connectivity index (χ0v) is 9.92. The molecule has 18 heavy (non-hydrogen) atoms. The Bertz CT molecular complexity index is 604. The number of carbonyl (C=O) groups is 1. The van der Waals surface area contributed by atoms with Crippen molar-refractivity contribution < 1.29 is 19.1 Å². The number of hydrogen-bond donors (Lipinski definition) is 1. The average Bonchev–Trinajstić information content (AvgIpc) is 2.93. The van der Waals surface area contributed by atoms with Crippen LogP contribution in [0.4, 0.5) is 0 Å². The number of nitrogens with zero attached hydrogens (tertiary/aromatic N) is 1. The summed E-state index contributed by atoms with van der Waals surface area (Å²) in [7, 11) is 0. The molecule has 0 spiro atoms. The van der Waals surface area contributed by atoms with Gasteiger partial charge >= 0.3 is 5.97 Å². The molecule has 2 aromatic rings. The molecule has 1 aliphatic heterocycles. The van der Waals surface area contributed by atoms with Gasteiger partial charge in [-0.05, 0) is 37.5 Å². The number of oxazole rings is 1. The highest BCUT2D eigenvalue weighted by molar-refractivity contribution is 5.74. The summed E-state index contributed by atoms with van der Waals surface area (Å²) < 4.78 is 11.0. The van der Waals surface area contributed by atoms with Crippen LogP contribution in [-0.2, 0) is 9.53 Å². The van der Waals surface area contributed by atoms with Crippen LogP contribution < -0.4 is 0 Å². The van der Waals surface area contributed by atoms with E-state index in [1.807, 2.05) is 25.1 Å². The zero-order chi connectivity index (χ0) is 12.7. The fourth-order valence-electron chi connectivity index (χ4n) is 2.19. The fraction of sp³-hybridized carbons (Fsp3) is 0.385. The van der Waals surface area contributed by atoms with Gasteiger partial charge in [0.2, 0.25) is 5.89 Å². The largest absolute Gasteiger partial charge is 0.479 e.